The summed E-state index contributed by atoms with van der Waals surface area (Å²) < 4.78 is 10.5. The summed E-state index contributed by atoms with van der Waals surface area (Å²) in [4.78, 5) is 23.5. The van der Waals surface area contributed by atoms with Crippen molar-refractivity contribution >= 4 is 11.9 Å². The maximum absolute atomic E-state index is 11.8. The molecule has 0 bridgehead atoms. The quantitative estimate of drug-likeness (QED) is 0.155. The number of esters is 2. The Hall–Kier alpha value is -1.06. The van der Waals surface area contributed by atoms with Gasteiger partial charge in [0.25, 0.3) is 0 Å². The lowest BCUT2D eigenvalue weighted by Gasteiger charge is -2.14. The fourth-order valence-corrected chi connectivity index (χ4v) is 3.32. The molecule has 0 radical (unpaired) electrons. The molecule has 0 heterocycles. The molecule has 0 amide bonds. The molecule has 29 heavy (non-hydrogen) atoms. The van der Waals surface area contributed by atoms with Crippen molar-refractivity contribution in [1.29, 1.82) is 0 Å². The molecule has 0 aliphatic carbocycles. The molecule has 0 saturated heterocycles. The Labute approximate surface area is 180 Å². The number of hydrogen-bond acceptors (Lipinski definition) is 4. The minimum absolute atomic E-state index is 0.0815. The van der Waals surface area contributed by atoms with E-state index in [1.807, 2.05) is 6.92 Å². The number of rotatable bonds is 20. The molecular formula is C25H48O4. The van der Waals surface area contributed by atoms with E-state index in [9.17, 15) is 9.59 Å². The smallest absolute Gasteiger partial charge is 0.306 e. The summed E-state index contributed by atoms with van der Waals surface area (Å²) >= 11 is 0. The molecule has 0 aromatic carbocycles. The normalized spacial score (nSPS) is 12.2. The molecule has 1 unspecified atom stereocenters. The highest BCUT2D eigenvalue weighted by molar-refractivity contribution is 5.77. The van der Waals surface area contributed by atoms with E-state index >= 15 is 0 Å². The summed E-state index contributed by atoms with van der Waals surface area (Å²) in [6.07, 6.45) is 17.5. The Balaban J connectivity index is 3.40. The Morgan fingerprint density at radius 2 is 1.14 bits per heavy atom. The monoisotopic (exact) mass is 412 g/mol. The van der Waals surface area contributed by atoms with Gasteiger partial charge in [0.15, 0.2) is 0 Å². The summed E-state index contributed by atoms with van der Waals surface area (Å²) in [6, 6.07) is 0. The minimum Gasteiger partial charge on any atom is -0.466 e. The first-order valence-electron chi connectivity index (χ1n) is 12.3. The van der Waals surface area contributed by atoms with Crippen LogP contribution in [0.3, 0.4) is 0 Å². The lowest BCUT2D eigenvalue weighted by Crippen LogP contribution is -2.17. The van der Waals surface area contributed by atoms with Gasteiger partial charge in [0.1, 0.15) is 0 Å². The van der Waals surface area contributed by atoms with Gasteiger partial charge in [-0.2, -0.15) is 0 Å². The molecule has 172 valence electrons. The maximum atomic E-state index is 11.8. The molecule has 0 N–H and O–H groups in total. The summed E-state index contributed by atoms with van der Waals surface area (Å²) in [7, 11) is 0. The zero-order valence-corrected chi connectivity index (χ0v) is 19.8. The standard InChI is InChI=1S/C25H48O4/c1-5-6-7-8-9-10-11-12-13-14-15-16-21-28-24(26)19-20-25(27)29-23(4)18-17-22(2)3/h22-23H,5-21H2,1-4H3. The predicted octanol–water partition coefficient (Wildman–Crippen LogP) is 7.38. The SMILES string of the molecule is CCCCCCCCCCCCCCOC(=O)CCC(=O)OC(C)CCC(C)C. The van der Waals surface area contributed by atoms with Crippen LogP contribution in [-0.2, 0) is 19.1 Å². The van der Waals surface area contributed by atoms with Crippen LogP contribution < -0.4 is 0 Å². The van der Waals surface area contributed by atoms with Gasteiger partial charge in [-0.1, -0.05) is 91.4 Å². The van der Waals surface area contributed by atoms with E-state index < -0.39 is 0 Å². The van der Waals surface area contributed by atoms with E-state index in [2.05, 4.69) is 20.8 Å². The molecule has 0 spiro atoms. The van der Waals surface area contributed by atoms with Crippen molar-refractivity contribution in [3.63, 3.8) is 0 Å². The molecule has 0 aliphatic heterocycles. The highest BCUT2D eigenvalue weighted by Gasteiger charge is 2.13. The van der Waals surface area contributed by atoms with E-state index in [1.165, 1.54) is 64.2 Å². The second kappa shape index (κ2) is 20.2. The van der Waals surface area contributed by atoms with Crippen LogP contribution in [0, 0.1) is 5.92 Å². The van der Waals surface area contributed by atoms with E-state index in [4.69, 9.17) is 9.47 Å². The van der Waals surface area contributed by atoms with Gasteiger partial charge in [-0.25, -0.2) is 0 Å². The van der Waals surface area contributed by atoms with Crippen LogP contribution in [0.5, 0.6) is 0 Å². The molecule has 0 rings (SSSR count). The third-order valence-corrected chi connectivity index (χ3v) is 5.28. The fraction of sp³-hybridized carbons (Fsp3) is 0.920. The Kier molecular flexibility index (Phi) is 19.5. The molecule has 0 aromatic heterocycles. The summed E-state index contributed by atoms with van der Waals surface area (Å²) in [6.45, 7) is 8.94. The molecule has 0 aliphatic rings. The average Bonchev–Trinajstić information content (AvgIpc) is 2.68. The van der Waals surface area contributed by atoms with Gasteiger partial charge in [0.05, 0.1) is 25.6 Å². The lowest BCUT2D eigenvalue weighted by molar-refractivity contribution is -0.153. The second-order valence-electron chi connectivity index (χ2n) is 8.88. The van der Waals surface area contributed by atoms with Gasteiger partial charge in [-0.05, 0) is 32.1 Å². The van der Waals surface area contributed by atoms with Crippen LogP contribution in [0.4, 0.5) is 0 Å². The van der Waals surface area contributed by atoms with Crippen LogP contribution in [0.25, 0.3) is 0 Å². The fourth-order valence-electron chi connectivity index (χ4n) is 3.32. The molecule has 0 saturated carbocycles. The van der Waals surface area contributed by atoms with E-state index in [-0.39, 0.29) is 30.9 Å². The Morgan fingerprint density at radius 3 is 1.66 bits per heavy atom. The molecule has 0 aromatic rings. The first-order valence-corrected chi connectivity index (χ1v) is 12.3. The first-order chi connectivity index (χ1) is 14.0. The average molecular weight is 413 g/mol. The van der Waals surface area contributed by atoms with Crippen molar-refractivity contribution in [2.24, 2.45) is 5.92 Å². The number of carbonyl (C=O) groups is 2. The zero-order chi connectivity index (χ0) is 21.7. The molecule has 0 fully saturated rings. The largest absolute Gasteiger partial charge is 0.466 e. The lowest BCUT2D eigenvalue weighted by atomic mass is 10.1. The molecule has 1 atom stereocenters. The van der Waals surface area contributed by atoms with Gasteiger partial charge in [-0.15, -0.1) is 0 Å². The highest BCUT2D eigenvalue weighted by Crippen LogP contribution is 2.12. The van der Waals surface area contributed by atoms with E-state index in [0.717, 1.165) is 25.7 Å². The van der Waals surface area contributed by atoms with Gasteiger partial charge < -0.3 is 9.47 Å². The van der Waals surface area contributed by atoms with Gasteiger partial charge in [0, 0.05) is 0 Å². The number of ether oxygens (including phenoxy) is 2. The topological polar surface area (TPSA) is 52.6 Å². The zero-order valence-electron chi connectivity index (χ0n) is 19.8. The molecule has 4 nitrogen and oxygen atoms in total. The van der Waals surface area contributed by atoms with Crippen molar-refractivity contribution in [2.75, 3.05) is 6.61 Å². The number of unbranched alkanes of at least 4 members (excludes halogenated alkanes) is 11. The second-order valence-corrected chi connectivity index (χ2v) is 8.88. The van der Waals surface area contributed by atoms with Crippen molar-refractivity contribution in [1.82, 2.24) is 0 Å². The van der Waals surface area contributed by atoms with Gasteiger partial charge >= 0.3 is 11.9 Å². The highest BCUT2D eigenvalue weighted by atomic mass is 16.5. The van der Waals surface area contributed by atoms with Crippen LogP contribution in [0.2, 0.25) is 0 Å². The molecule has 4 heteroatoms. The maximum Gasteiger partial charge on any atom is 0.306 e. The van der Waals surface area contributed by atoms with Gasteiger partial charge in [-0.3, -0.25) is 9.59 Å². The van der Waals surface area contributed by atoms with Crippen molar-refractivity contribution in [2.45, 2.75) is 137 Å². The van der Waals surface area contributed by atoms with Crippen LogP contribution in [-0.4, -0.2) is 24.6 Å². The Bertz CT molecular complexity index is 392. The summed E-state index contributed by atoms with van der Waals surface area (Å²) in [5.74, 6) is 0.00914. The first kappa shape index (κ1) is 27.9. The number of hydrogen-bond donors (Lipinski definition) is 0. The van der Waals surface area contributed by atoms with Crippen molar-refractivity contribution in [3.05, 3.63) is 0 Å². The number of carbonyl (C=O) groups excluding carboxylic acids is 2. The van der Waals surface area contributed by atoms with E-state index in [0.29, 0.717) is 12.5 Å². The van der Waals surface area contributed by atoms with Crippen LogP contribution in [0.1, 0.15) is 130 Å². The van der Waals surface area contributed by atoms with Crippen molar-refractivity contribution < 1.29 is 19.1 Å². The predicted molar refractivity (Wildman–Crippen MR) is 121 cm³/mol. The minimum atomic E-state index is -0.302. The third kappa shape index (κ3) is 21.5. The van der Waals surface area contributed by atoms with Crippen LogP contribution in [0.15, 0.2) is 0 Å². The summed E-state index contributed by atoms with van der Waals surface area (Å²) in [5.41, 5.74) is 0. The molecular weight excluding hydrogens is 364 g/mol. The van der Waals surface area contributed by atoms with Crippen LogP contribution >= 0.6 is 0 Å². The van der Waals surface area contributed by atoms with E-state index in [1.54, 1.807) is 0 Å². The van der Waals surface area contributed by atoms with Gasteiger partial charge in [0.2, 0.25) is 0 Å². The third-order valence-electron chi connectivity index (χ3n) is 5.28. The van der Waals surface area contributed by atoms with Crippen molar-refractivity contribution in [3.8, 4) is 0 Å². The Morgan fingerprint density at radius 1 is 0.655 bits per heavy atom. The summed E-state index contributed by atoms with van der Waals surface area (Å²) in [5, 5.41) is 0.